The van der Waals surface area contributed by atoms with E-state index in [1.165, 1.54) is 6.42 Å². The summed E-state index contributed by atoms with van der Waals surface area (Å²) in [5, 5.41) is 0. The van der Waals surface area contributed by atoms with Gasteiger partial charge < -0.3 is 9.47 Å². The van der Waals surface area contributed by atoms with Crippen molar-refractivity contribution >= 4 is 0 Å². The first-order valence-corrected chi connectivity index (χ1v) is 5.51. The van der Waals surface area contributed by atoms with Gasteiger partial charge in [0.05, 0.1) is 12.2 Å². The molecule has 1 aliphatic carbocycles. The van der Waals surface area contributed by atoms with Crippen molar-refractivity contribution in [3.8, 4) is 0 Å². The molecule has 5 atom stereocenters. The Kier molecular flexibility index (Phi) is 2.61. The van der Waals surface area contributed by atoms with E-state index in [-0.39, 0.29) is 6.29 Å². The summed E-state index contributed by atoms with van der Waals surface area (Å²) in [6, 6.07) is 0. The lowest BCUT2D eigenvalue weighted by Gasteiger charge is -2.34. The first-order valence-electron chi connectivity index (χ1n) is 5.51. The zero-order valence-corrected chi connectivity index (χ0v) is 8.82. The predicted molar refractivity (Wildman–Crippen MR) is 51.4 cm³/mol. The van der Waals surface area contributed by atoms with E-state index in [1.807, 2.05) is 0 Å². The van der Waals surface area contributed by atoms with Gasteiger partial charge in [0, 0.05) is 5.92 Å². The Morgan fingerprint density at radius 1 is 1.15 bits per heavy atom. The van der Waals surface area contributed by atoms with Gasteiger partial charge in [-0.2, -0.15) is 0 Å². The van der Waals surface area contributed by atoms with Crippen molar-refractivity contribution in [1.29, 1.82) is 0 Å². The van der Waals surface area contributed by atoms with Crippen molar-refractivity contribution < 1.29 is 9.47 Å². The van der Waals surface area contributed by atoms with Gasteiger partial charge in [-0.25, -0.2) is 0 Å². The Morgan fingerprint density at radius 3 is 2.38 bits per heavy atom. The first-order chi connectivity index (χ1) is 6.20. The van der Waals surface area contributed by atoms with Crippen molar-refractivity contribution in [3.05, 3.63) is 0 Å². The van der Waals surface area contributed by atoms with E-state index in [0.29, 0.717) is 18.1 Å². The van der Waals surface area contributed by atoms with Crippen LogP contribution in [0.2, 0.25) is 0 Å². The summed E-state index contributed by atoms with van der Waals surface area (Å²) in [5.74, 6) is 1.49. The second-order valence-electron chi connectivity index (χ2n) is 4.59. The van der Waals surface area contributed by atoms with Crippen molar-refractivity contribution in [1.82, 2.24) is 0 Å². The highest BCUT2D eigenvalue weighted by Crippen LogP contribution is 2.44. The smallest absolute Gasteiger partial charge is 0.161 e. The second-order valence-corrected chi connectivity index (χ2v) is 4.59. The summed E-state index contributed by atoms with van der Waals surface area (Å²) in [5.41, 5.74) is 0. The SMILES string of the molecule is CCC1CC(C)OC(C2CC2C)O1. The lowest BCUT2D eigenvalue weighted by Crippen LogP contribution is -2.38. The quantitative estimate of drug-likeness (QED) is 0.656. The minimum Gasteiger partial charge on any atom is -0.349 e. The van der Waals surface area contributed by atoms with Crippen LogP contribution in [-0.2, 0) is 9.47 Å². The maximum atomic E-state index is 5.88. The fraction of sp³-hybridized carbons (Fsp3) is 1.00. The molecule has 5 unspecified atom stereocenters. The van der Waals surface area contributed by atoms with E-state index in [9.17, 15) is 0 Å². The Morgan fingerprint density at radius 2 is 1.85 bits per heavy atom. The highest BCUT2D eigenvalue weighted by atomic mass is 16.7. The van der Waals surface area contributed by atoms with E-state index in [2.05, 4.69) is 20.8 Å². The third kappa shape index (κ3) is 2.05. The highest BCUT2D eigenvalue weighted by Gasteiger charge is 2.44. The molecular formula is C11H20O2. The molecule has 76 valence electrons. The molecule has 0 bridgehead atoms. The van der Waals surface area contributed by atoms with Crippen LogP contribution in [0.4, 0.5) is 0 Å². The van der Waals surface area contributed by atoms with Crippen molar-refractivity contribution in [2.45, 2.75) is 58.5 Å². The van der Waals surface area contributed by atoms with Crippen LogP contribution < -0.4 is 0 Å². The zero-order valence-electron chi connectivity index (χ0n) is 8.82. The standard InChI is InChI=1S/C11H20O2/c1-4-9-6-8(3)12-11(13-9)10-5-7(10)2/h7-11H,4-6H2,1-3H3. The second kappa shape index (κ2) is 3.58. The minimum atomic E-state index is 0.101. The Balaban J connectivity index is 1.89. The molecule has 1 aliphatic heterocycles. The molecule has 0 aromatic heterocycles. The normalized spacial score (nSPS) is 50.5. The van der Waals surface area contributed by atoms with Crippen molar-refractivity contribution in [2.75, 3.05) is 0 Å². The molecule has 2 aliphatic rings. The number of rotatable bonds is 2. The van der Waals surface area contributed by atoms with Gasteiger partial charge in [-0.3, -0.25) is 0 Å². The molecule has 2 nitrogen and oxygen atoms in total. The lowest BCUT2D eigenvalue weighted by atomic mass is 10.1. The monoisotopic (exact) mass is 184 g/mol. The molecule has 0 amide bonds. The third-order valence-electron chi connectivity index (χ3n) is 3.26. The summed E-state index contributed by atoms with van der Waals surface area (Å²) < 4.78 is 11.7. The maximum absolute atomic E-state index is 5.88. The highest BCUT2D eigenvalue weighted by molar-refractivity contribution is 4.87. The van der Waals surface area contributed by atoms with Crippen LogP contribution in [0, 0.1) is 11.8 Å². The molecule has 0 aromatic carbocycles. The Bertz CT molecular complexity index is 181. The molecule has 1 saturated carbocycles. The first kappa shape index (κ1) is 9.47. The average Bonchev–Trinajstić information content (AvgIpc) is 2.81. The van der Waals surface area contributed by atoms with Crippen molar-refractivity contribution in [2.24, 2.45) is 11.8 Å². The topological polar surface area (TPSA) is 18.5 Å². The van der Waals surface area contributed by atoms with Gasteiger partial charge in [-0.1, -0.05) is 13.8 Å². The molecule has 2 rings (SSSR count). The molecule has 0 aromatic rings. The summed E-state index contributed by atoms with van der Waals surface area (Å²) >= 11 is 0. The van der Waals surface area contributed by atoms with E-state index in [4.69, 9.17) is 9.47 Å². The number of hydrogen-bond acceptors (Lipinski definition) is 2. The van der Waals surface area contributed by atoms with Crippen molar-refractivity contribution in [3.63, 3.8) is 0 Å². The molecular weight excluding hydrogens is 164 g/mol. The van der Waals surface area contributed by atoms with Gasteiger partial charge in [0.25, 0.3) is 0 Å². The number of hydrogen-bond donors (Lipinski definition) is 0. The summed E-state index contributed by atoms with van der Waals surface area (Å²) in [4.78, 5) is 0. The van der Waals surface area contributed by atoms with Crippen LogP contribution in [0.15, 0.2) is 0 Å². The Hall–Kier alpha value is -0.0800. The van der Waals surface area contributed by atoms with Gasteiger partial charge in [0.1, 0.15) is 0 Å². The largest absolute Gasteiger partial charge is 0.349 e. The fourth-order valence-corrected chi connectivity index (χ4v) is 2.13. The van der Waals surface area contributed by atoms with Crippen LogP contribution in [-0.4, -0.2) is 18.5 Å². The molecule has 0 N–H and O–H groups in total. The van der Waals surface area contributed by atoms with Crippen LogP contribution >= 0.6 is 0 Å². The van der Waals surface area contributed by atoms with E-state index in [0.717, 1.165) is 18.8 Å². The van der Waals surface area contributed by atoms with Crippen LogP contribution in [0.3, 0.4) is 0 Å². The predicted octanol–water partition coefficient (Wildman–Crippen LogP) is 2.57. The van der Waals surface area contributed by atoms with Crippen LogP contribution in [0.1, 0.15) is 40.0 Å². The lowest BCUT2D eigenvalue weighted by molar-refractivity contribution is -0.248. The summed E-state index contributed by atoms with van der Waals surface area (Å²) in [6.07, 6.45) is 4.38. The van der Waals surface area contributed by atoms with E-state index >= 15 is 0 Å². The van der Waals surface area contributed by atoms with Gasteiger partial charge in [0.2, 0.25) is 0 Å². The molecule has 0 radical (unpaired) electrons. The third-order valence-corrected chi connectivity index (χ3v) is 3.26. The van der Waals surface area contributed by atoms with Gasteiger partial charge in [-0.15, -0.1) is 0 Å². The van der Waals surface area contributed by atoms with Gasteiger partial charge in [0.15, 0.2) is 6.29 Å². The molecule has 2 fully saturated rings. The molecule has 1 saturated heterocycles. The maximum Gasteiger partial charge on any atom is 0.161 e. The average molecular weight is 184 g/mol. The van der Waals surface area contributed by atoms with E-state index in [1.54, 1.807) is 0 Å². The van der Waals surface area contributed by atoms with Crippen LogP contribution in [0.5, 0.6) is 0 Å². The zero-order chi connectivity index (χ0) is 9.42. The van der Waals surface area contributed by atoms with Crippen LogP contribution in [0.25, 0.3) is 0 Å². The molecule has 2 heteroatoms. The van der Waals surface area contributed by atoms with E-state index < -0.39 is 0 Å². The summed E-state index contributed by atoms with van der Waals surface area (Å²) in [6.45, 7) is 6.62. The van der Waals surface area contributed by atoms with Gasteiger partial charge in [-0.05, 0) is 32.1 Å². The fourth-order valence-electron chi connectivity index (χ4n) is 2.13. The molecule has 0 spiro atoms. The molecule has 13 heavy (non-hydrogen) atoms. The summed E-state index contributed by atoms with van der Waals surface area (Å²) in [7, 11) is 0. The molecule has 1 heterocycles. The number of ether oxygens (including phenoxy) is 2. The Labute approximate surface area is 80.6 Å². The minimum absolute atomic E-state index is 0.101. The van der Waals surface area contributed by atoms with Gasteiger partial charge >= 0.3 is 0 Å².